The lowest BCUT2D eigenvalue weighted by Gasteiger charge is -2.15. The van der Waals surface area contributed by atoms with Gasteiger partial charge in [0.1, 0.15) is 5.56 Å². The number of nitriles is 1. The van der Waals surface area contributed by atoms with Gasteiger partial charge in [-0.25, -0.2) is 4.98 Å². The zero-order valence-corrected chi connectivity index (χ0v) is 19.7. The van der Waals surface area contributed by atoms with E-state index in [1.54, 1.807) is 29.9 Å². The van der Waals surface area contributed by atoms with Crippen molar-refractivity contribution in [3.8, 4) is 23.1 Å². The fourth-order valence-electron chi connectivity index (χ4n) is 3.47. The van der Waals surface area contributed by atoms with Crippen molar-refractivity contribution in [2.75, 3.05) is 6.61 Å². The summed E-state index contributed by atoms with van der Waals surface area (Å²) in [5, 5.41) is 13.5. The van der Waals surface area contributed by atoms with Crippen molar-refractivity contribution in [1.82, 2.24) is 14.8 Å². The lowest BCUT2D eigenvalue weighted by atomic mass is 9.97. The van der Waals surface area contributed by atoms with E-state index in [4.69, 9.17) is 21.5 Å². The van der Waals surface area contributed by atoms with E-state index in [2.05, 4.69) is 16.2 Å². The number of carbonyl (C=O) groups excluding carboxylic acids is 2. The number of pyridine rings is 1. The molecule has 0 bridgehead atoms. The second-order valence-corrected chi connectivity index (χ2v) is 7.98. The maximum absolute atomic E-state index is 12.4. The second-order valence-electron chi connectivity index (χ2n) is 6.81. The molecule has 2 amide bonds. The first-order chi connectivity index (χ1) is 15.3. The molecular weight excluding hydrogens is 523 g/mol. The molecule has 164 valence electrons. The van der Waals surface area contributed by atoms with E-state index in [-0.39, 0.29) is 23.7 Å². The standard InChI is InChI=1S/C22H21IN6O3/c1-3-15-17(16-14(23)10-27-22(32-4-2)18(16)20(25)30)19(21(26)31)28-29(15)11-13-7-5-12(9-24)6-8-13/h5-8,10H,3-4,11H2,1-2H3,(H2,25,30)(H2,26,31). The van der Waals surface area contributed by atoms with Crippen LogP contribution in [-0.4, -0.2) is 33.2 Å². The van der Waals surface area contributed by atoms with Crippen LogP contribution in [0.2, 0.25) is 0 Å². The minimum atomic E-state index is -0.730. The molecule has 2 heterocycles. The molecule has 32 heavy (non-hydrogen) atoms. The smallest absolute Gasteiger partial charge is 0.269 e. The van der Waals surface area contributed by atoms with Crippen LogP contribution >= 0.6 is 22.6 Å². The number of ether oxygens (including phenoxy) is 1. The minimum absolute atomic E-state index is 0.0320. The molecule has 3 aromatic rings. The van der Waals surface area contributed by atoms with E-state index < -0.39 is 11.8 Å². The number of benzene rings is 1. The van der Waals surface area contributed by atoms with Crippen LogP contribution in [0.15, 0.2) is 30.5 Å². The summed E-state index contributed by atoms with van der Waals surface area (Å²) in [6.07, 6.45) is 2.06. The Morgan fingerprint density at radius 1 is 1.16 bits per heavy atom. The molecule has 0 unspecified atom stereocenters. The number of halogens is 1. The molecule has 4 N–H and O–H groups in total. The SMILES string of the molecule is CCOc1ncc(I)c(-c2c(C(N)=O)nn(Cc3ccc(C#N)cc3)c2CC)c1C(N)=O. The zero-order valence-electron chi connectivity index (χ0n) is 17.6. The third-order valence-electron chi connectivity index (χ3n) is 4.82. The number of amides is 2. The Morgan fingerprint density at radius 3 is 2.38 bits per heavy atom. The first kappa shape index (κ1) is 23.2. The Kier molecular flexibility index (Phi) is 7.09. The van der Waals surface area contributed by atoms with E-state index in [9.17, 15) is 9.59 Å². The van der Waals surface area contributed by atoms with Gasteiger partial charge in [-0.1, -0.05) is 19.1 Å². The predicted octanol–water partition coefficient (Wildman–Crippen LogP) is 2.63. The van der Waals surface area contributed by atoms with Crippen molar-refractivity contribution in [2.24, 2.45) is 11.5 Å². The molecule has 3 rings (SSSR count). The highest BCUT2D eigenvalue weighted by Gasteiger charge is 2.29. The van der Waals surface area contributed by atoms with Gasteiger partial charge >= 0.3 is 0 Å². The number of hydrogen-bond acceptors (Lipinski definition) is 6. The summed E-state index contributed by atoms with van der Waals surface area (Å²) in [6, 6.07) is 9.15. The van der Waals surface area contributed by atoms with Gasteiger partial charge in [0, 0.05) is 26.6 Å². The predicted molar refractivity (Wildman–Crippen MR) is 126 cm³/mol. The van der Waals surface area contributed by atoms with Gasteiger partial charge in [0.05, 0.1) is 24.8 Å². The molecule has 10 heteroatoms. The zero-order chi connectivity index (χ0) is 23.4. The monoisotopic (exact) mass is 544 g/mol. The van der Waals surface area contributed by atoms with Crippen LogP contribution in [0.25, 0.3) is 11.1 Å². The fourth-order valence-corrected chi connectivity index (χ4v) is 4.15. The average molecular weight is 544 g/mol. The van der Waals surface area contributed by atoms with Crippen LogP contribution in [0, 0.1) is 14.9 Å². The molecule has 2 aromatic heterocycles. The molecule has 0 saturated carbocycles. The normalized spacial score (nSPS) is 10.6. The molecule has 0 atom stereocenters. The fraction of sp³-hybridized carbons (Fsp3) is 0.227. The first-order valence-electron chi connectivity index (χ1n) is 9.82. The van der Waals surface area contributed by atoms with Crippen molar-refractivity contribution in [1.29, 1.82) is 5.26 Å². The summed E-state index contributed by atoms with van der Waals surface area (Å²) in [5.74, 6) is -1.37. The van der Waals surface area contributed by atoms with E-state index in [0.29, 0.717) is 38.9 Å². The molecule has 0 radical (unpaired) electrons. The summed E-state index contributed by atoms with van der Waals surface area (Å²) in [5.41, 5.74) is 14.5. The summed E-state index contributed by atoms with van der Waals surface area (Å²) in [4.78, 5) is 29.0. The van der Waals surface area contributed by atoms with Crippen LogP contribution in [0.5, 0.6) is 5.88 Å². The second kappa shape index (κ2) is 9.78. The molecule has 0 aliphatic carbocycles. The molecular formula is C22H21IN6O3. The van der Waals surface area contributed by atoms with Crippen molar-refractivity contribution < 1.29 is 14.3 Å². The van der Waals surface area contributed by atoms with Gasteiger partial charge in [0.2, 0.25) is 5.88 Å². The number of rotatable bonds is 8. The molecule has 0 aliphatic rings. The number of primary amides is 2. The van der Waals surface area contributed by atoms with E-state index in [1.807, 2.05) is 41.6 Å². The van der Waals surface area contributed by atoms with Gasteiger partial charge in [0.15, 0.2) is 5.69 Å². The van der Waals surface area contributed by atoms with E-state index in [0.717, 1.165) is 5.56 Å². The highest BCUT2D eigenvalue weighted by Crippen LogP contribution is 2.38. The van der Waals surface area contributed by atoms with Crippen LogP contribution in [0.4, 0.5) is 0 Å². The molecule has 9 nitrogen and oxygen atoms in total. The Bertz CT molecular complexity index is 1230. The Hall–Kier alpha value is -3.46. The number of carbonyl (C=O) groups is 2. The van der Waals surface area contributed by atoms with Gasteiger partial charge in [-0.15, -0.1) is 0 Å². The Labute approximate surface area is 198 Å². The summed E-state index contributed by atoms with van der Waals surface area (Å²) in [6.45, 7) is 4.32. The third-order valence-corrected chi connectivity index (χ3v) is 5.63. The maximum Gasteiger partial charge on any atom is 0.269 e. The summed E-state index contributed by atoms with van der Waals surface area (Å²) < 4.78 is 7.81. The molecule has 0 aliphatic heterocycles. The largest absolute Gasteiger partial charge is 0.477 e. The van der Waals surface area contributed by atoms with Crippen LogP contribution in [-0.2, 0) is 13.0 Å². The van der Waals surface area contributed by atoms with E-state index in [1.165, 1.54) is 0 Å². The topological polar surface area (TPSA) is 150 Å². The molecule has 0 spiro atoms. The third kappa shape index (κ3) is 4.43. The van der Waals surface area contributed by atoms with Crippen LogP contribution < -0.4 is 16.2 Å². The Balaban J connectivity index is 2.27. The van der Waals surface area contributed by atoms with Gasteiger partial charge in [0.25, 0.3) is 11.8 Å². The minimum Gasteiger partial charge on any atom is -0.477 e. The van der Waals surface area contributed by atoms with Crippen molar-refractivity contribution in [3.05, 3.63) is 62.1 Å². The van der Waals surface area contributed by atoms with Gasteiger partial charge in [-0.05, 0) is 53.6 Å². The first-order valence-corrected chi connectivity index (χ1v) is 10.9. The number of aromatic nitrogens is 3. The quantitative estimate of drug-likeness (QED) is 0.417. The maximum atomic E-state index is 12.4. The highest BCUT2D eigenvalue weighted by atomic mass is 127. The number of nitrogens with zero attached hydrogens (tertiary/aromatic N) is 4. The molecule has 0 saturated heterocycles. The van der Waals surface area contributed by atoms with Gasteiger partial charge < -0.3 is 16.2 Å². The summed E-state index contributed by atoms with van der Waals surface area (Å²) >= 11 is 2.04. The van der Waals surface area contributed by atoms with Crippen molar-refractivity contribution >= 4 is 34.4 Å². The van der Waals surface area contributed by atoms with Gasteiger partial charge in [-0.3, -0.25) is 14.3 Å². The van der Waals surface area contributed by atoms with Crippen molar-refractivity contribution in [2.45, 2.75) is 26.8 Å². The van der Waals surface area contributed by atoms with Gasteiger partial charge in [-0.2, -0.15) is 10.4 Å². The average Bonchev–Trinajstić information content (AvgIpc) is 3.13. The summed E-state index contributed by atoms with van der Waals surface area (Å²) in [7, 11) is 0. The highest BCUT2D eigenvalue weighted by molar-refractivity contribution is 14.1. The molecule has 1 aromatic carbocycles. The van der Waals surface area contributed by atoms with Crippen LogP contribution in [0.1, 0.15) is 51.5 Å². The number of hydrogen-bond donors (Lipinski definition) is 2. The van der Waals surface area contributed by atoms with Crippen LogP contribution in [0.3, 0.4) is 0 Å². The lowest BCUT2D eigenvalue weighted by Crippen LogP contribution is -2.18. The molecule has 0 fully saturated rings. The number of nitrogens with two attached hydrogens (primary N) is 2. The Morgan fingerprint density at radius 2 is 1.84 bits per heavy atom. The van der Waals surface area contributed by atoms with Crippen molar-refractivity contribution in [3.63, 3.8) is 0 Å². The lowest BCUT2D eigenvalue weighted by molar-refractivity contribution is 0.0985. The van der Waals surface area contributed by atoms with E-state index >= 15 is 0 Å².